The Kier molecular flexibility index (Phi) is 7.16. The molecule has 2 heterocycles. The van der Waals surface area contributed by atoms with E-state index in [1.807, 2.05) is 0 Å². The Hall–Kier alpha value is -7.42. The zero-order chi connectivity index (χ0) is 41.5. The highest BCUT2D eigenvalue weighted by Gasteiger charge is 2.35. The van der Waals surface area contributed by atoms with E-state index < -0.39 is 0 Å². The molecule has 11 aromatic carbocycles. The molecule has 62 heavy (non-hydrogen) atoms. The normalized spacial score (nSPS) is 14.6. The molecule has 2 aliphatic rings. The first-order valence-corrected chi connectivity index (χ1v) is 21.9. The Balaban J connectivity index is 1.16. The average molecular weight is 793 g/mol. The van der Waals surface area contributed by atoms with E-state index in [0.29, 0.717) is 0 Å². The van der Waals surface area contributed by atoms with Crippen molar-refractivity contribution in [1.82, 2.24) is 0 Å². The molecule has 0 radical (unpaired) electrons. The van der Waals surface area contributed by atoms with Gasteiger partial charge < -0.3 is 10.6 Å². The standard InChI is InChI=1S/C60H44N2/c1-59(2)48-25-5-7-29-52(48)61-57-43(23-13-27-50(57)59)38-18-11-21-40-45(38)34-46-39(44-24-14-28-51-58(44)62-53-30-8-6-26-49(53)60(51,3)4)19-12-22-41(46)56(40)47-33-37-17-9-15-35-31-32-36-16-10-20-42(47)55(36)54(35)37/h5-34,61-62H,1-4H3. The second-order valence-electron chi connectivity index (χ2n) is 18.6. The molecule has 294 valence electrons. The van der Waals surface area contributed by atoms with Gasteiger partial charge in [0, 0.05) is 33.3 Å². The van der Waals surface area contributed by atoms with Crippen molar-refractivity contribution in [1.29, 1.82) is 0 Å². The highest BCUT2D eigenvalue weighted by atomic mass is 14.9. The molecule has 2 heteroatoms. The third-order valence-electron chi connectivity index (χ3n) is 14.6. The monoisotopic (exact) mass is 792 g/mol. The van der Waals surface area contributed by atoms with Gasteiger partial charge in [0.25, 0.3) is 0 Å². The molecule has 0 saturated carbocycles. The maximum absolute atomic E-state index is 3.95. The molecule has 11 aromatic rings. The maximum atomic E-state index is 3.95. The summed E-state index contributed by atoms with van der Waals surface area (Å²) < 4.78 is 0. The highest BCUT2D eigenvalue weighted by Crippen LogP contribution is 2.54. The van der Waals surface area contributed by atoms with Crippen molar-refractivity contribution in [3.05, 3.63) is 204 Å². The van der Waals surface area contributed by atoms with E-state index in [-0.39, 0.29) is 10.8 Å². The van der Waals surface area contributed by atoms with Crippen LogP contribution in [0.15, 0.2) is 182 Å². The molecule has 0 saturated heterocycles. The lowest BCUT2D eigenvalue weighted by atomic mass is 9.73. The number of hydrogen-bond donors (Lipinski definition) is 2. The fourth-order valence-electron chi connectivity index (χ4n) is 11.6. The Labute approximate surface area is 361 Å². The van der Waals surface area contributed by atoms with Crippen LogP contribution < -0.4 is 10.6 Å². The van der Waals surface area contributed by atoms with Crippen LogP contribution in [-0.2, 0) is 10.8 Å². The van der Waals surface area contributed by atoms with Crippen molar-refractivity contribution in [3.63, 3.8) is 0 Å². The molecule has 0 fully saturated rings. The molecule has 0 atom stereocenters. The van der Waals surface area contributed by atoms with Crippen LogP contribution in [0.25, 0.3) is 87.2 Å². The number of nitrogens with one attached hydrogen (secondary N) is 2. The van der Waals surface area contributed by atoms with Gasteiger partial charge in [-0.05, 0) is 123 Å². The first-order valence-electron chi connectivity index (χ1n) is 21.9. The minimum Gasteiger partial charge on any atom is -0.355 e. The van der Waals surface area contributed by atoms with Crippen molar-refractivity contribution < 1.29 is 0 Å². The third kappa shape index (κ3) is 4.75. The van der Waals surface area contributed by atoms with Gasteiger partial charge in [0.1, 0.15) is 0 Å². The molecule has 2 nitrogen and oxygen atoms in total. The van der Waals surface area contributed by atoms with Gasteiger partial charge in [-0.25, -0.2) is 0 Å². The predicted molar refractivity (Wildman–Crippen MR) is 265 cm³/mol. The van der Waals surface area contributed by atoms with E-state index in [4.69, 9.17) is 0 Å². The summed E-state index contributed by atoms with van der Waals surface area (Å²) in [6, 6.07) is 68.4. The number of hydrogen-bond acceptors (Lipinski definition) is 2. The van der Waals surface area contributed by atoms with Crippen molar-refractivity contribution in [3.8, 4) is 33.4 Å². The summed E-state index contributed by atoms with van der Waals surface area (Å²) in [6.45, 7) is 9.44. The number of anilines is 4. The molecule has 2 aliphatic heterocycles. The zero-order valence-electron chi connectivity index (χ0n) is 35.3. The van der Waals surface area contributed by atoms with Crippen LogP contribution in [0.2, 0.25) is 0 Å². The molecule has 0 unspecified atom stereocenters. The zero-order valence-corrected chi connectivity index (χ0v) is 35.3. The SMILES string of the molecule is CC1(C)c2ccccc2Nc2c(-c3cccc4c(-c5cc6cccc7ccc8cccc5c8c76)c5cccc(-c6cccc7c6Nc6ccccc6C7(C)C)c5cc34)cccc21. The fourth-order valence-corrected chi connectivity index (χ4v) is 11.6. The third-order valence-corrected chi connectivity index (χ3v) is 14.6. The first-order chi connectivity index (χ1) is 30.3. The largest absolute Gasteiger partial charge is 0.355 e. The molecular formula is C60H44N2. The lowest BCUT2D eigenvalue weighted by Crippen LogP contribution is -2.26. The summed E-state index contributed by atoms with van der Waals surface area (Å²) in [5, 5.41) is 20.6. The summed E-state index contributed by atoms with van der Waals surface area (Å²) in [4.78, 5) is 0. The van der Waals surface area contributed by atoms with Crippen LogP contribution in [-0.4, -0.2) is 0 Å². The number of fused-ring (bicyclic) bond motifs is 6. The molecule has 2 N–H and O–H groups in total. The van der Waals surface area contributed by atoms with Gasteiger partial charge in [0.15, 0.2) is 0 Å². The number of para-hydroxylation sites is 4. The van der Waals surface area contributed by atoms with Crippen LogP contribution in [0.1, 0.15) is 49.9 Å². The van der Waals surface area contributed by atoms with Crippen molar-refractivity contribution in [2.45, 2.75) is 38.5 Å². The van der Waals surface area contributed by atoms with E-state index in [2.05, 4.69) is 220 Å². The van der Waals surface area contributed by atoms with E-state index in [1.165, 1.54) is 132 Å². The maximum Gasteiger partial charge on any atom is 0.0505 e. The van der Waals surface area contributed by atoms with Crippen LogP contribution in [0.5, 0.6) is 0 Å². The molecule has 0 aliphatic carbocycles. The van der Waals surface area contributed by atoms with Gasteiger partial charge in [-0.1, -0.05) is 185 Å². The van der Waals surface area contributed by atoms with E-state index in [0.717, 1.165) is 0 Å². The second-order valence-corrected chi connectivity index (χ2v) is 18.6. The summed E-state index contributed by atoms with van der Waals surface area (Å²) in [6.07, 6.45) is 0. The Morgan fingerprint density at radius 2 is 0.742 bits per heavy atom. The number of benzene rings is 11. The second kappa shape index (κ2) is 12.6. The van der Waals surface area contributed by atoms with Crippen LogP contribution in [0.3, 0.4) is 0 Å². The Bertz CT molecular complexity index is 3530. The Morgan fingerprint density at radius 3 is 1.32 bits per heavy atom. The van der Waals surface area contributed by atoms with Gasteiger partial charge in [-0.15, -0.1) is 0 Å². The summed E-state index contributed by atoms with van der Waals surface area (Å²) in [7, 11) is 0. The predicted octanol–water partition coefficient (Wildman–Crippen LogP) is 16.7. The quantitative estimate of drug-likeness (QED) is 0.138. The molecule has 0 bridgehead atoms. The highest BCUT2D eigenvalue weighted by molar-refractivity contribution is 6.30. The van der Waals surface area contributed by atoms with Crippen LogP contribution in [0, 0.1) is 0 Å². The van der Waals surface area contributed by atoms with Crippen LogP contribution >= 0.6 is 0 Å². The van der Waals surface area contributed by atoms with Crippen molar-refractivity contribution in [2.75, 3.05) is 10.6 Å². The first kappa shape index (κ1) is 35.3. The summed E-state index contributed by atoms with van der Waals surface area (Å²) >= 11 is 0. The minimum absolute atomic E-state index is 0.172. The van der Waals surface area contributed by atoms with E-state index in [9.17, 15) is 0 Å². The average Bonchev–Trinajstić information content (AvgIpc) is 3.29. The van der Waals surface area contributed by atoms with Gasteiger partial charge in [-0.2, -0.15) is 0 Å². The number of rotatable bonds is 3. The molecule has 0 amide bonds. The van der Waals surface area contributed by atoms with Crippen LogP contribution in [0.4, 0.5) is 22.7 Å². The van der Waals surface area contributed by atoms with Crippen molar-refractivity contribution >= 4 is 76.6 Å². The molecular weight excluding hydrogens is 749 g/mol. The minimum atomic E-state index is -0.172. The Morgan fingerprint density at radius 1 is 0.306 bits per heavy atom. The van der Waals surface area contributed by atoms with E-state index >= 15 is 0 Å². The topological polar surface area (TPSA) is 24.1 Å². The summed E-state index contributed by atoms with van der Waals surface area (Å²) in [5.74, 6) is 0. The lowest BCUT2D eigenvalue weighted by Gasteiger charge is -2.37. The fraction of sp³-hybridized carbons (Fsp3) is 0.100. The lowest BCUT2D eigenvalue weighted by molar-refractivity contribution is 0.638. The summed E-state index contributed by atoms with van der Waals surface area (Å²) in [5.41, 5.74) is 17.0. The van der Waals surface area contributed by atoms with E-state index in [1.54, 1.807) is 0 Å². The van der Waals surface area contributed by atoms with Gasteiger partial charge in [-0.3, -0.25) is 0 Å². The molecule has 0 spiro atoms. The molecule has 0 aromatic heterocycles. The van der Waals surface area contributed by atoms with Gasteiger partial charge in [0.2, 0.25) is 0 Å². The van der Waals surface area contributed by atoms with Crippen molar-refractivity contribution in [2.24, 2.45) is 0 Å². The molecule has 13 rings (SSSR count). The van der Waals surface area contributed by atoms with Gasteiger partial charge >= 0.3 is 0 Å². The smallest absolute Gasteiger partial charge is 0.0505 e. The van der Waals surface area contributed by atoms with Gasteiger partial charge in [0.05, 0.1) is 11.4 Å².